The van der Waals surface area contributed by atoms with Gasteiger partial charge in [-0.2, -0.15) is 0 Å². The maximum absolute atomic E-state index is 13.2. The van der Waals surface area contributed by atoms with E-state index in [0.717, 1.165) is 6.07 Å². The smallest absolute Gasteiger partial charge is 0.162 e. The molecule has 1 rings (SSSR count). The van der Waals surface area contributed by atoms with Crippen molar-refractivity contribution in [1.29, 1.82) is 0 Å². The molecule has 0 aliphatic carbocycles. The van der Waals surface area contributed by atoms with E-state index in [1.165, 1.54) is 13.0 Å². The van der Waals surface area contributed by atoms with Gasteiger partial charge in [-0.1, -0.05) is 0 Å². The number of rotatable bonds is 4. The van der Waals surface area contributed by atoms with Crippen molar-refractivity contribution in [3.8, 4) is 0 Å². The molecule has 82 valence electrons. The van der Waals surface area contributed by atoms with Gasteiger partial charge in [0.2, 0.25) is 0 Å². The summed E-state index contributed by atoms with van der Waals surface area (Å²) in [6.45, 7) is 1.25. The molecule has 0 amide bonds. The molecule has 0 radical (unpaired) electrons. The Morgan fingerprint density at radius 2 is 2.07 bits per heavy atom. The Balaban J connectivity index is 3.07. The lowest BCUT2D eigenvalue weighted by Gasteiger charge is -2.07. The van der Waals surface area contributed by atoms with Crippen molar-refractivity contribution in [2.45, 2.75) is 25.9 Å². The van der Waals surface area contributed by atoms with Crippen molar-refractivity contribution in [2.24, 2.45) is 0 Å². The fraction of sp³-hybridized carbons (Fsp3) is 0.364. The van der Waals surface area contributed by atoms with Crippen LogP contribution in [-0.4, -0.2) is 6.29 Å². The predicted molar refractivity (Wildman–Crippen MR) is 50.3 cm³/mol. The van der Waals surface area contributed by atoms with E-state index in [1.807, 2.05) is 0 Å². The molecule has 0 N–H and O–H groups in total. The van der Waals surface area contributed by atoms with Gasteiger partial charge < -0.3 is 4.79 Å². The van der Waals surface area contributed by atoms with Gasteiger partial charge in [0, 0.05) is 6.42 Å². The molecule has 4 heteroatoms. The number of hydrogen-bond acceptors (Lipinski definition) is 1. The van der Waals surface area contributed by atoms with E-state index in [1.54, 1.807) is 0 Å². The average Bonchev–Trinajstić information content (AvgIpc) is 2.19. The number of aryl methyl sites for hydroxylation is 1. The summed E-state index contributed by atoms with van der Waals surface area (Å²) in [5.74, 6) is -2.07. The van der Waals surface area contributed by atoms with Crippen LogP contribution in [0.25, 0.3) is 0 Å². The minimum Gasteiger partial charge on any atom is -0.303 e. The quantitative estimate of drug-likeness (QED) is 0.706. The Morgan fingerprint density at radius 3 is 2.60 bits per heavy atom. The normalized spacial score (nSPS) is 12.5. The lowest BCUT2D eigenvalue weighted by molar-refractivity contribution is -0.107. The minimum absolute atomic E-state index is 0.0431. The van der Waals surface area contributed by atoms with E-state index in [9.17, 15) is 18.0 Å². The average molecular weight is 216 g/mol. The third-order valence-corrected chi connectivity index (χ3v) is 2.12. The van der Waals surface area contributed by atoms with Crippen LogP contribution in [0.1, 0.15) is 30.6 Å². The molecular formula is C11H11F3O. The Kier molecular flexibility index (Phi) is 3.88. The van der Waals surface area contributed by atoms with Gasteiger partial charge >= 0.3 is 0 Å². The van der Waals surface area contributed by atoms with Gasteiger partial charge in [-0.15, -0.1) is 0 Å². The molecule has 0 aromatic heterocycles. The van der Waals surface area contributed by atoms with Gasteiger partial charge in [-0.25, -0.2) is 13.2 Å². The summed E-state index contributed by atoms with van der Waals surface area (Å²) in [5, 5.41) is 0. The van der Waals surface area contributed by atoms with Gasteiger partial charge in [0.05, 0.1) is 0 Å². The summed E-state index contributed by atoms with van der Waals surface area (Å²) < 4.78 is 39.0. The summed E-state index contributed by atoms with van der Waals surface area (Å²) in [6.07, 6.45) is -0.550. The third-order valence-electron chi connectivity index (χ3n) is 2.12. The van der Waals surface area contributed by atoms with Crippen LogP contribution < -0.4 is 0 Å². The zero-order chi connectivity index (χ0) is 11.4. The molecule has 0 aliphatic rings. The van der Waals surface area contributed by atoms with E-state index >= 15 is 0 Å². The summed E-state index contributed by atoms with van der Waals surface area (Å²) >= 11 is 0. The highest BCUT2D eigenvalue weighted by Gasteiger charge is 2.13. The molecule has 1 nitrogen and oxygen atoms in total. The van der Waals surface area contributed by atoms with Gasteiger partial charge in [-0.3, -0.25) is 0 Å². The molecule has 1 aromatic carbocycles. The van der Waals surface area contributed by atoms with Crippen LogP contribution in [0.15, 0.2) is 12.1 Å². The van der Waals surface area contributed by atoms with Gasteiger partial charge in [0.1, 0.15) is 12.5 Å². The number of hydrogen-bond donors (Lipinski definition) is 0. The Morgan fingerprint density at radius 1 is 1.40 bits per heavy atom. The zero-order valence-corrected chi connectivity index (χ0v) is 8.27. The molecule has 0 aliphatic heterocycles. The first-order chi connectivity index (χ1) is 7.06. The van der Waals surface area contributed by atoms with Crippen molar-refractivity contribution in [1.82, 2.24) is 0 Å². The molecule has 0 saturated heterocycles. The summed E-state index contributed by atoms with van der Waals surface area (Å²) in [4.78, 5) is 10.1. The predicted octanol–water partition coefficient (Wildman–Crippen LogP) is 3.13. The number of halogens is 3. The van der Waals surface area contributed by atoms with Crippen molar-refractivity contribution in [3.63, 3.8) is 0 Å². The van der Waals surface area contributed by atoms with E-state index < -0.39 is 17.8 Å². The number of carbonyl (C=O) groups is 1. The topological polar surface area (TPSA) is 17.1 Å². The molecule has 15 heavy (non-hydrogen) atoms. The van der Waals surface area contributed by atoms with E-state index in [-0.39, 0.29) is 24.0 Å². The SMILES string of the molecule is CC(F)c1cc(F)c(F)c(CCC=O)c1. The molecule has 1 atom stereocenters. The highest BCUT2D eigenvalue weighted by molar-refractivity contribution is 5.50. The second kappa shape index (κ2) is 4.96. The van der Waals surface area contributed by atoms with Crippen LogP contribution in [0.3, 0.4) is 0 Å². The van der Waals surface area contributed by atoms with Crippen molar-refractivity contribution >= 4 is 6.29 Å². The molecule has 0 heterocycles. The van der Waals surface area contributed by atoms with Gasteiger partial charge in [0.25, 0.3) is 0 Å². The lowest BCUT2D eigenvalue weighted by atomic mass is 10.0. The van der Waals surface area contributed by atoms with E-state index in [0.29, 0.717) is 6.29 Å². The third kappa shape index (κ3) is 2.81. The number of aldehydes is 1. The van der Waals surface area contributed by atoms with E-state index in [2.05, 4.69) is 0 Å². The first kappa shape index (κ1) is 11.8. The Labute approximate surface area is 85.9 Å². The van der Waals surface area contributed by atoms with Crippen molar-refractivity contribution in [2.75, 3.05) is 0 Å². The van der Waals surface area contributed by atoms with Crippen LogP contribution in [0, 0.1) is 11.6 Å². The van der Waals surface area contributed by atoms with Gasteiger partial charge in [0.15, 0.2) is 11.6 Å². The Bertz CT molecular complexity index is 361. The molecule has 0 bridgehead atoms. The first-order valence-electron chi connectivity index (χ1n) is 4.61. The molecule has 0 fully saturated rings. The van der Waals surface area contributed by atoms with Crippen molar-refractivity contribution < 1.29 is 18.0 Å². The number of benzene rings is 1. The summed E-state index contributed by atoms with van der Waals surface area (Å²) in [5.41, 5.74) is 0.136. The standard InChI is InChI=1S/C11H11F3O/c1-7(12)9-5-8(3-2-4-15)11(14)10(13)6-9/h4-7H,2-3H2,1H3. The monoisotopic (exact) mass is 216 g/mol. The van der Waals surface area contributed by atoms with Crippen LogP contribution >= 0.6 is 0 Å². The maximum atomic E-state index is 13.2. The first-order valence-corrected chi connectivity index (χ1v) is 4.61. The summed E-state index contributed by atoms with van der Waals surface area (Å²) in [6, 6.07) is 2.09. The molecular weight excluding hydrogens is 205 g/mol. The highest BCUT2D eigenvalue weighted by Crippen LogP contribution is 2.22. The summed E-state index contributed by atoms with van der Waals surface area (Å²) in [7, 11) is 0. The van der Waals surface area contributed by atoms with Gasteiger partial charge in [-0.05, 0) is 36.6 Å². The fourth-order valence-electron chi connectivity index (χ4n) is 1.30. The maximum Gasteiger partial charge on any atom is 0.162 e. The highest BCUT2D eigenvalue weighted by atomic mass is 19.2. The largest absolute Gasteiger partial charge is 0.303 e. The fourth-order valence-corrected chi connectivity index (χ4v) is 1.30. The van der Waals surface area contributed by atoms with Crippen LogP contribution in [-0.2, 0) is 11.2 Å². The van der Waals surface area contributed by atoms with Crippen LogP contribution in [0.4, 0.5) is 13.2 Å². The van der Waals surface area contributed by atoms with Crippen molar-refractivity contribution in [3.05, 3.63) is 34.9 Å². The molecule has 0 spiro atoms. The van der Waals surface area contributed by atoms with Crippen LogP contribution in [0.2, 0.25) is 0 Å². The number of carbonyl (C=O) groups excluding carboxylic acids is 1. The lowest BCUT2D eigenvalue weighted by Crippen LogP contribution is -1.99. The molecule has 1 aromatic rings. The van der Waals surface area contributed by atoms with Crippen LogP contribution in [0.5, 0.6) is 0 Å². The second-order valence-electron chi connectivity index (χ2n) is 3.30. The Hall–Kier alpha value is -1.32. The minimum atomic E-state index is -1.35. The zero-order valence-electron chi connectivity index (χ0n) is 8.27. The molecule has 0 saturated carbocycles. The molecule has 1 unspecified atom stereocenters. The number of alkyl halides is 1. The second-order valence-corrected chi connectivity index (χ2v) is 3.30. The van der Waals surface area contributed by atoms with E-state index in [4.69, 9.17) is 0 Å².